The molecule has 0 aliphatic carbocycles. The Balaban J connectivity index is 1.31. The molecule has 0 radical (unpaired) electrons. The van der Waals surface area contributed by atoms with E-state index in [2.05, 4.69) is 49.3 Å². The van der Waals surface area contributed by atoms with E-state index in [1.165, 1.54) is 11.3 Å². The van der Waals surface area contributed by atoms with Crippen LogP contribution in [0.25, 0.3) is 11.1 Å². The van der Waals surface area contributed by atoms with E-state index in [1.807, 2.05) is 13.0 Å². The molecule has 0 unspecified atom stereocenters. The molecule has 1 fully saturated rings. The van der Waals surface area contributed by atoms with Gasteiger partial charge in [0.25, 0.3) is 5.71 Å². The number of nitrogens with one attached hydrogen (secondary N) is 1. The molecule has 33 heavy (non-hydrogen) atoms. The fourth-order valence-corrected chi connectivity index (χ4v) is 4.22. The van der Waals surface area contributed by atoms with Crippen molar-refractivity contribution >= 4 is 40.2 Å². The number of esters is 1. The van der Waals surface area contributed by atoms with Crippen LogP contribution in [0.2, 0.25) is 5.02 Å². The van der Waals surface area contributed by atoms with Crippen LogP contribution in [-0.4, -0.2) is 71.9 Å². The maximum Gasteiger partial charge on any atom is 0.376 e. The highest BCUT2D eigenvalue weighted by molar-refractivity contribution is 6.30. The van der Waals surface area contributed by atoms with Crippen molar-refractivity contribution in [3.8, 4) is 0 Å². The van der Waals surface area contributed by atoms with Gasteiger partial charge in [0.05, 0.1) is 12.3 Å². The van der Waals surface area contributed by atoms with Gasteiger partial charge in [-0.1, -0.05) is 22.8 Å². The number of piperazine rings is 1. The minimum atomic E-state index is -0.579. The third-order valence-electron chi connectivity index (χ3n) is 5.79. The predicted octanol–water partition coefficient (Wildman–Crippen LogP) is 3.69. The molecular weight excluding hydrogens is 444 g/mol. The van der Waals surface area contributed by atoms with Crippen LogP contribution >= 0.6 is 11.6 Å². The molecule has 3 heterocycles. The van der Waals surface area contributed by atoms with Crippen molar-refractivity contribution in [2.45, 2.75) is 27.2 Å². The molecule has 0 atom stereocenters. The van der Waals surface area contributed by atoms with Crippen molar-refractivity contribution in [1.29, 1.82) is 0 Å². The Bertz CT molecular complexity index is 1130. The number of halogens is 1. The monoisotopic (exact) mass is 472 g/mol. The van der Waals surface area contributed by atoms with Gasteiger partial charge in [0.1, 0.15) is 11.2 Å². The van der Waals surface area contributed by atoms with Gasteiger partial charge in [-0.15, -0.1) is 0 Å². The smallest absolute Gasteiger partial charge is 0.376 e. The quantitative estimate of drug-likeness (QED) is 0.388. The first kappa shape index (κ1) is 23.3. The number of benzene rings is 1. The summed E-state index contributed by atoms with van der Waals surface area (Å²) in [6.07, 6.45) is 0.931. The first-order chi connectivity index (χ1) is 16.0. The summed E-state index contributed by atoms with van der Waals surface area (Å²) in [5.41, 5.74) is 3.42. The highest BCUT2D eigenvalue weighted by Gasteiger charge is 2.21. The minimum absolute atomic E-state index is 0.0320. The molecule has 0 bridgehead atoms. The molecule has 1 N–H and O–H groups in total. The molecule has 9 nitrogen and oxygen atoms in total. The van der Waals surface area contributed by atoms with Gasteiger partial charge in [-0.05, 0) is 51.4 Å². The lowest BCUT2D eigenvalue weighted by molar-refractivity contribution is 0.0512. The van der Waals surface area contributed by atoms with Gasteiger partial charge in [0.2, 0.25) is 5.82 Å². The van der Waals surface area contributed by atoms with Gasteiger partial charge in [-0.3, -0.25) is 4.90 Å². The number of carbonyl (C=O) groups excluding carboxylic acids is 1. The molecule has 0 spiro atoms. The normalized spacial score (nSPS) is 14.6. The molecule has 1 saturated heterocycles. The summed E-state index contributed by atoms with van der Waals surface area (Å²) in [5, 5.41) is 8.75. The third kappa shape index (κ3) is 5.36. The molecule has 1 aromatic carbocycles. The lowest BCUT2D eigenvalue weighted by Gasteiger charge is -2.37. The number of aromatic nitrogens is 3. The lowest BCUT2D eigenvalue weighted by atomic mass is 10.1. The Hall–Kier alpha value is -2.91. The molecule has 4 rings (SSSR count). The third-order valence-corrected chi connectivity index (χ3v) is 6.03. The van der Waals surface area contributed by atoms with E-state index in [-0.39, 0.29) is 18.1 Å². The fourth-order valence-electron chi connectivity index (χ4n) is 4.05. The Morgan fingerprint density at radius 1 is 1.21 bits per heavy atom. The number of anilines is 2. The topological polar surface area (TPSA) is 96.6 Å². The second-order valence-electron chi connectivity index (χ2n) is 8.10. The first-order valence-electron chi connectivity index (χ1n) is 11.2. The zero-order valence-electron chi connectivity index (χ0n) is 19.2. The van der Waals surface area contributed by atoms with Crippen LogP contribution in [0.3, 0.4) is 0 Å². The molecule has 2 aromatic heterocycles. The number of fused-ring (bicyclic) bond motifs is 1. The van der Waals surface area contributed by atoms with Crippen molar-refractivity contribution in [2.75, 3.05) is 56.1 Å². The van der Waals surface area contributed by atoms with Crippen molar-refractivity contribution in [3.05, 3.63) is 40.3 Å². The second kappa shape index (κ2) is 10.4. The summed E-state index contributed by atoms with van der Waals surface area (Å²) in [6, 6.07) is 6.06. The largest absolute Gasteiger partial charge is 0.460 e. The standard InChI is InChI=1S/C23H29ClN6O3/c1-4-32-23(31)21-26-20(19-16(3)28-33-22(19)27-21)25-8-5-9-29-10-12-30(13-11-29)18-14-17(24)7-6-15(18)2/h6-7,14H,4-5,8-13H2,1-3H3,(H,25,26,27). The molecule has 0 saturated carbocycles. The summed E-state index contributed by atoms with van der Waals surface area (Å²) in [6.45, 7) is 11.6. The molecule has 3 aromatic rings. The average molecular weight is 473 g/mol. The number of hydrogen-bond acceptors (Lipinski definition) is 9. The van der Waals surface area contributed by atoms with Crippen LogP contribution in [0.15, 0.2) is 22.7 Å². The van der Waals surface area contributed by atoms with Gasteiger partial charge in [-0.2, -0.15) is 4.98 Å². The number of ether oxygens (including phenoxy) is 1. The SMILES string of the molecule is CCOC(=O)c1nc(NCCCN2CCN(c3cc(Cl)ccc3C)CC2)c2c(C)noc2n1. The maximum absolute atomic E-state index is 12.1. The van der Waals surface area contributed by atoms with Crippen LogP contribution in [0.1, 0.15) is 35.2 Å². The summed E-state index contributed by atoms with van der Waals surface area (Å²) in [7, 11) is 0. The highest BCUT2D eigenvalue weighted by Crippen LogP contribution is 2.26. The minimum Gasteiger partial charge on any atom is -0.460 e. The Labute approximate surface area is 198 Å². The summed E-state index contributed by atoms with van der Waals surface area (Å²) < 4.78 is 10.3. The van der Waals surface area contributed by atoms with Crippen molar-refractivity contribution in [3.63, 3.8) is 0 Å². The van der Waals surface area contributed by atoms with E-state index < -0.39 is 5.97 Å². The van der Waals surface area contributed by atoms with Crippen LogP contribution < -0.4 is 10.2 Å². The number of hydrogen-bond donors (Lipinski definition) is 1. The average Bonchev–Trinajstić information content (AvgIpc) is 3.19. The van der Waals surface area contributed by atoms with E-state index in [4.69, 9.17) is 20.9 Å². The van der Waals surface area contributed by atoms with Crippen LogP contribution in [0, 0.1) is 13.8 Å². The second-order valence-corrected chi connectivity index (χ2v) is 8.54. The van der Waals surface area contributed by atoms with Crippen LogP contribution in [0.4, 0.5) is 11.5 Å². The van der Waals surface area contributed by atoms with E-state index in [0.29, 0.717) is 23.4 Å². The number of carbonyl (C=O) groups is 1. The predicted molar refractivity (Wildman–Crippen MR) is 128 cm³/mol. The summed E-state index contributed by atoms with van der Waals surface area (Å²) in [5.74, 6) is -0.0669. The summed E-state index contributed by atoms with van der Waals surface area (Å²) in [4.78, 5) is 25.5. The van der Waals surface area contributed by atoms with Crippen molar-refractivity contribution in [1.82, 2.24) is 20.0 Å². The van der Waals surface area contributed by atoms with Gasteiger partial charge in [-0.25, -0.2) is 9.78 Å². The molecule has 176 valence electrons. The first-order valence-corrected chi connectivity index (χ1v) is 11.6. The highest BCUT2D eigenvalue weighted by atomic mass is 35.5. The zero-order valence-corrected chi connectivity index (χ0v) is 20.0. The molecular formula is C23H29ClN6O3. The van der Waals surface area contributed by atoms with Gasteiger partial charge in [0.15, 0.2) is 0 Å². The Kier molecular flexibility index (Phi) is 7.29. The molecule has 1 aliphatic rings. The van der Waals surface area contributed by atoms with Gasteiger partial charge < -0.3 is 19.5 Å². The molecule has 10 heteroatoms. The van der Waals surface area contributed by atoms with Crippen LogP contribution in [0.5, 0.6) is 0 Å². The Morgan fingerprint density at radius 2 is 2.00 bits per heavy atom. The number of nitrogens with zero attached hydrogens (tertiary/aromatic N) is 5. The molecule has 0 amide bonds. The molecule has 1 aliphatic heterocycles. The van der Waals surface area contributed by atoms with Crippen molar-refractivity contribution < 1.29 is 14.1 Å². The Morgan fingerprint density at radius 3 is 2.76 bits per heavy atom. The maximum atomic E-state index is 12.1. The lowest BCUT2D eigenvalue weighted by Crippen LogP contribution is -2.47. The fraction of sp³-hybridized carbons (Fsp3) is 0.478. The van der Waals surface area contributed by atoms with E-state index in [9.17, 15) is 4.79 Å². The summed E-state index contributed by atoms with van der Waals surface area (Å²) >= 11 is 6.19. The van der Waals surface area contributed by atoms with Gasteiger partial charge >= 0.3 is 5.97 Å². The zero-order chi connectivity index (χ0) is 23.4. The van der Waals surface area contributed by atoms with Crippen LogP contribution in [-0.2, 0) is 4.74 Å². The van der Waals surface area contributed by atoms with E-state index in [0.717, 1.165) is 44.2 Å². The van der Waals surface area contributed by atoms with E-state index >= 15 is 0 Å². The number of rotatable bonds is 8. The van der Waals surface area contributed by atoms with E-state index in [1.54, 1.807) is 6.92 Å². The number of aryl methyl sites for hydroxylation is 2. The van der Waals surface area contributed by atoms with Crippen molar-refractivity contribution in [2.24, 2.45) is 0 Å². The van der Waals surface area contributed by atoms with Gasteiger partial charge in [0, 0.05) is 43.4 Å².